The molecule has 1 aliphatic rings. The highest BCUT2D eigenvalue weighted by atomic mass is 16.5. The zero-order chi connectivity index (χ0) is 20.5. The van der Waals surface area contributed by atoms with Crippen LogP contribution in [0.3, 0.4) is 0 Å². The van der Waals surface area contributed by atoms with Crippen LogP contribution in [0.2, 0.25) is 0 Å². The average Bonchev–Trinajstić information content (AvgIpc) is 3.21. The maximum absolute atomic E-state index is 13.2. The van der Waals surface area contributed by atoms with Gasteiger partial charge in [0.15, 0.2) is 17.3 Å². The Morgan fingerprint density at radius 1 is 1.00 bits per heavy atom. The predicted molar refractivity (Wildman–Crippen MR) is 107 cm³/mol. The lowest BCUT2D eigenvalue weighted by atomic mass is 9.89. The minimum absolute atomic E-state index is 0.0201. The van der Waals surface area contributed by atoms with Gasteiger partial charge in [-0.2, -0.15) is 0 Å². The highest BCUT2D eigenvalue weighted by Crippen LogP contribution is 2.40. The Hall–Kier alpha value is -3.54. The standard InChI is InChI=1S/C23H21NO5/c1-27-21-12-17-19(13-22(21)28-2)24-10-4-5-18(24)16(11-20(17)25)14-6-8-15(9-7-14)23(26)29-3/h4-10,12-13,16H,11H2,1-3H3/t16-/m1/s1. The van der Waals surface area contributed by atoms with Gasteiger partial charge in [-0.1, -0.05) is 12.1 Å². The number of ketones is 1. The maximum Gasteiger partial charge on any atom is 0.337 e. The fourth-order valence-corrected chi connectivity index (χ4v) is 3.85. The number of hydrogen-bond donors (Lipinski definition) is 0. The monoisotopic (exact) mass is 391 g/mol. The Morgan fingerprint density at radius 3 is 2.34 bits per heavy atom. The lowest BCUT2D eigenvalue weighted by Crippen LogP contribution is -2.08. The first kappa shape index (κ1) is 18.8. The van der Waals surface area contributed by atoms with E-state index in [0.717, 1.165) is 16.9 Å². The normalized spacial score (nSPS) is 15.1. The van der Waals surface area contributed by atoms with Crippen molar-refractivity contribution in [1.29, 1.82) is 0 Å². The second-order valence-corrected chi connectivity index (χ2v) is 6.82. The number of hydrogen-bond acceptors (Lipinski definition) is 5. The summed E-state index contributed by atoms with van der Waals surface area (Å²) in [4.78, 5) is 24.9. The molecule has 0 N–H and O–H groups in total. The van der Waals surface area contributed by atoms with Crippen LogP contribution in [-0.2, 0) is 4.74 Å². The number of carbonyl (C=O) groups excluding carboxylic acids is 2. The molecule has 6 nitrogen and oxygen atoms in total. The van der Waals surface area contributed by atoms with Gasteiger partial charge in [0.1, 0.15) is 0 Å². The van der Waals surface area contributed by atoms with Gasteiger partial charge < -0.3 is 18.8 Å². The van der Waals surface area contributed by atoms with E-state index in [1.165, 1.54) is 7.11 Å². The van der Waals surface area contributed by atoms with Crippen molar-refractivity contribution in [2.45, 2.75) is 12.3 Å². The summed E-state index contributed by atoms with van der Waals surface area (Å²) in [6, 6.07) is 14.7. The SMILES string of the molecule is COC(=O)c1ccc([C@H]2CC(=O)c3cc(OC)c(OC)cc3-n3cccc32)cc1. The molecule has 0 aliphatic carbocycles. The molecule has 2 aromatic carbocycles. The third kappa shape index (κ3) is 3.16. The van der Waals surface area contributed by atoms with Crippen LogP contribution in [0.5, 0.6) is 11.5 Å². The van der Waals surface area contributed by atoms with Crippen molar-refractivity contribution in [2.75, 3.05) is 21.3 Å². The zero-order valence-electron chi connectivity index (χ0n) is 16.5. The van der Waals surface area contributed by atoms with Gasteiger partial charge in [-0.25, -0.2) is 4.79 Å². The summed E-state index contributed by atoms with van der Waals surface area (Å²) >= 11 is 0. The molecule has 4 rings (SSSR count). The number of benzene rings is 2. The number of rotatable bonds is 4. The Balaban J connectivity index is 1.82. The number of methoxy groups -OCH3 is 3. The quantitative estimate of drug-likeness (QED) is 0.629. The van der Waals surface area contributed by atoms with Gasteiger partial charge >= 0.3 is 5.97 Å². The van der Waals surface area contributed by atoms with Gasteiger partial charge in [0, 0.05) is 35.9 Å². The Kier molecular flexibility index (Phi) is 4.84. The number of carbonyl (C=O) groups is 2. The van der Waals surface area contributed by atoms with E-state index in [9.17, 15) is 9.59 Å². The number of Topliss-reactive ketones (excluding diaryl/α,β-unsaturated/α-hetero) is 1. The van der Waals surface area contributed by atoms with E-state index >= 15 is 0 Å². The highest BCUT2D eigenvalue weighted by Gasteiger charge is 2.29. The van der Waals surface area contributed by atoms with E-state index in [1.54, 1.807) is 32.4 Å². The highest BCUT2D eigenvalue weighted by molar-refractivity contribution is 6.01. The molecule has 0 spiro atoms. The van der Waals surface area contributed by atoms with Crippen molar-refractivity contribution in [1.82, 2.24) is 4.57 Å². The first-order chi connectivity index (χ1) is 14.1. The van der Waals surface area contributed by atoms with Crippen LogP contribution >= 0.6 is 0 Å². The maximum atomic E-state index is 13.2. The second kappa shape index (κ2) is 7.47. The van der Waals surface area contributed by atoms with Gasteiger partial charge in [-0.15, -0.1) is 0 Å². The first-order valence-corrected chi connectivity index (χ1v) is 9.22. The number of nitrogens with zero attached hydrogens (tertiary/aromatic N) is 1. The van der Waals surface area contributed by atoms with Crippen LogP contribution in [0.15, 0.2) is 54.7 Å². The lowest BCUT2D eigenvalue weighted by molar-refractivity contribution is 0.0600. The van der Waals surface area contributed by atoms with E-state index < -0.39 is 0 Å². The summed E-state index contributed by atoms with van der Waals surface area (Å²) in [5, 5.41) is 0. The number of fused-ring (bicyclic) bond motifs is 3. The summed E-state index contributed by atoms with van der Waals surface area (Å²) in [5.74, 6) is 0.581. The predicted octanol–water partition coefficient (Wildman–Crippen LogP) is 4.00. The van der Waals surface area contributed by atoms with E-state index in [2.05, 4.69) is 0 Å². The molecule has 2 heterocycles. The molecule has 0 saturated carbocycles. The molecule has 0 unspecified atom stereocenters. The van der Waals surface area contributed by atoms with Gasteiger partial charge in [0.05, 0.1) is 32.6 Å². The molecule has 29 heavy (non-hydrogen) atoms. The van der Waals surface area contributed by atoms with Crippen LogP contribution in [0.1, 0.15) is 44.3 Å². The van der Waals surface area contributed by atoms with E-state index in [1.807, 2.05) is 41.1 Å². The molecule has 0 fully saturated rings. The van der Waals surface area contributed by atoms with Crippen LogP contribution in [-0.4, -0.2) is 37.6 Å². The summed E-state index contributed by atoms with van der Waals surface area (Å²) in [7, 11) is 4.48. The molecule has 0 bridgehead atoms. The van der Waals surface area contributed by atoms with Crippen molar-refractivity contribution >= 4 is 11.8 Å². The van der Waals surface area contributed by atoms with Gasteiger partial charge in [-0.05, 0) is 35.9 Å². The van der Waals surface area contributed by atoms with Crippen molar-refractivity contribution in [3.63, 3.8) is 0 Å². The molecule has 3 aromatic rings. The number of aromatic nitrogens is 1. The number of ether oxygens (including phenoxy) is 3. The summed E-state index contributed by atoms with van der Waals surface area (Å²) in [6.45, 7) is 0. The van der Waals surface area contributed by atoms with E-state index in [0.29, 0.717) is 29.0 Å². The van der Waals surface area contributed by atoms with E-state index in [-0.39, 0.29) is 17.7 Å². The molecule has 0 saturated heterocycles. The minimum atomic E-state index is -0.386. The van der Waals surface area contributed by atoms with Gasteiger partial charge in [0.2, 0.25) is 0 Å². The molecule has 0 amide bonds. The lowest BCUT2D eigenvalue weighted by Gasteiger charge is -2.17. The van der Waals surface area contributed by atoms with Crippen molar-refractivity contribution in [2.24, 2.45) is 0 Å². The van der Waals surface area contributed by atoms with Gasteiger partial charge in [-0.3, -0.25) is 4.79 Å². The summed E-state index contributed by atoms with van der Waals surface area (Å²) in [6.07, 6.45) is 2.25. The van der Waals surface area contributed by atoms with Crippen LogP contribution in [0, 0.1) is 0 Å². The van der Waals surface area contributed by atoms with Crippen LogP contribution < -0.4 is 9.47 Å². The average molecular weight is 391 g/mol. The molecule has 1 aliphatic heterocycles. The van der Waals surface area contributed by atoms with Crippen molar-refractivity contribution in [3.8, 4) is 17.2 Å². The van der Waals surface area contributed by atoms with E-state index in [4.69, 9.17) is 14.2 Å². The Labute approximate surface area is 168 Å². The minimum Gasteiger partial charge on any atom is -0.493 e. The summed E-state index contributed by atoms with van der Waals surface area (Å²) in [5.41, 5.74) is 3.78. The first-order valence-electron chi connectivity index (χ1n) is 9.22. The van der Waals surface area contributed by atoms with Crippen molar-refractivity contribution < 1.29 is 23.8 Å². The molecule has 1 aromatic heterocycles. The topological polar surface area (TPSA) is 66.8 Å². The second-order valence-electron chi connectivity index (χ2n) is 6.82. The van der Waals surface area contributed by atoms with Crippen molar-refractivity contribution in [3.05, 3.63) is 77.1 Å². The molecule has 1 atom stereocenters. The molecule has 148 valence electrons. The molecular formula is C23H21NO5. The molecule has 6 heteroatoms. The smallest absolute Gasteiger partial charge is 0.337 e. The fourth-order valence-electron chi connectivity index (χ4n) is 3.85. The fraction of sp³-hybridized carbons (Fsp3) is 0.217. The van der Waals surface area contributed by atoms with Crippen LogP contribution in [0.4, 0.5) is 0 Å². The third-order valence-electron chi connectivity index (χ3n) is 5.32. The van der Waals surface area contributed by atoms with Crippen LogP contribution in [0.25, 0.3) is 5.69 Å². The molecular weight excluding hydrogens is 370 g/mol. The Bertz CT molecular complexity index is 1080. The largest absolute Gasteiger partial charge is 0.493 e. The number of esters is 1. The molecule has 0 radical (unpaired) electrons. The summed E-state index contributed by atoms with van der Waals surface area (Å²) < 4.78 is 17.6. The third-order valence-corrected chi connectivity index (χ3v) is 5.32. The zero-order valence-corrected chi connectivity index (χ0v) is 16.5. The van der Waals surface area contributed by atoms with Gasteiger partial charge in [0.25, 0.3) is 0 Å². The Morgan fingerprint density at radius 2 is 1.69 bits per heavy atom.